The predicted molar refractivity (Wildman–Crippen MR) is 122 cm³/mol. The van der Waals surface area contributed by atoms with Crippen LogP contribution in [-0.2, 0) is 20.7 Å². The van der Waals surface area contributed by atoms with Crippen molar-refractivity contribution in [3.63, 3.8) is 0 Å². The summed E-state index contributed by atoms with van der Waals surface area (Å²) in [5, 5.41) is 0. The lowest BCUT2D eigenvalue weighted by Crippen LogP contribution is -2.38. The summed E-state index contributed by atoms with van der Waals surface area (Å²) < 4.78 is 11.3. The Morgan fingerprint density at radius 1 is 1.03 bits per heavy atom. The largest absolute Gasteiger partial charge is 0.460 e. The molecule has 5 nitrogen and oxygen atoms in total. The first-order chi connectivity index (χ1) is 14.4. The number of nitrogens with zero attached hydrogens (tertiary/aromatic N) is 1. The van der Waals surface area contributed by atoms with E-state index in [1.165, 1.54) is 30.4 Å². The zero-order valence-corrected chi connectivity index (χ0v) is 20.1. The maximum absolute atomic E-state index is 13.2. The number of esters is 1. The van der Waals surface area contributed by atoms with Crippen molar-refractivity contribution in [2.24, 2.45) is 11.8 Å². The molecule has 2 atom stereocenters. The zero-order valence-electron chi connectivity index (χ0n) is 20.1. The fraction of sp³-hybridized carbons (Fsp3) is 0.692. The summed E-state index contributed by atoms with van der Waals surface area (Å²) in [5.74, 6) is 0.282. The average Bonchev–Trinajstić information content (AvgIpc) is 3.05. The Bertz CT molecular complexity index is 785. The van der Waals surface area contributed by atoms with Crippen LogP contribution < -0.4 is 0 Å². The van der Waals surface area contributed by atoms with E-state index in [1.54, 1.807) is 4.90 Å². The number of ether oxygens (including phenoxy) is 2. The first-order valence-electron chi connectivity index (χ1n) is 11.7. The second kappa shape index (κ2) is 9.22. The third kappa shape index (κ3) is 6.72. The van der Waals surface area contributed by atoms with E-state index in [2.05, 4.69) is 24.3 Å². The monoisotopic (exact) mass is 429 g/mol. The smallest absolute Gasteiger partial charge is 0.410 e. The molecule has 0 bridgehead atoms. The second-order valence-electron chi connectivity index (χ2n) is 11.2. The lowest BCUT2D eigenvalue weighted by molar-refractivity contribution is -0.161. The van der Waals surface area contributed by atoms with Gasteiger partial charge in [0, 0.05) is 13.1 Å². The number of carbonyl (C=O) groups is 2. The van der Waals surface area contributed by atoms with Crippen LogP contribution in [0.5, 0.6) is 0 Å². The van der Waals surface area contributed by atoms with Crippen molar-refractivity contribution in [1.29, 1.82) is 0 Å². The van der Waals surface area contributed by atoms with Gasteiger partial charge in [-0.15, -0.1) is 0 Å². The first-order valence-corrected chi connectivity index (χ1v) is 11.7. The van der Waals surface area contributed by atoms with E-state index in [4.69, 9.17) is 9.47 Å². The quantitative estimate of drug-likeness (QED) is 0.563. The maximum atomic E-state index is 13.2. The van der Waals surface area contributed by atoms with Gasteiger partial charge >= 0.3 is 12.1 Å². The van der Waals surface area contributed by atoms with Gasteiger partial charge in [-0.25, -0.2) is 4.79 Å². The Hall–Kier alpha value is -2.04. The van der Waals surface area contributed by atoms with Crippen molar-refractivity contribution in [2.45, 2.75) is 90.8 Å². The van der Waals surface area contributed by atoms with Crippen LogP contribution in [0.4, 0.5) is 4.79 Å². The number of likely N-dealkylation sites (tertiary alicyclic amines) is 1. The number of hydrogen-bond donors (Lipinski definition) is 0. The fourth-order valence-corrected chi connectivity index (χ4v) is 4.40. The molecule has 1 aliphatic heterocycles. The maximum Gasteiger partial charge on any atom is 0.410 e. The number of benzene rings is 1. The van der Waals surface area contributed by atoms with E-state index in [0.717, 1.165) is 6.42 Å². The summed E-state index contributed by atoms with van der Waals surface area (Å²) in [7, 11) is 0. The van der Waals surface area contributed by atoms with Gasteiger partial charge in [0.15, 0.2) is 0 Å². The molecule has 5 heteroatoms. The summed E-state index contributed by atoms with van der Waals surface area (Å²) in [6.45, 7) is 12.5. The fourth-order valence-electron chi connectivity index (χ4n) is 4.40. The minimum atomic E-state index is -0.535. The van der Waals surface area contributed by atoms with Gasteiger partial charge < -0.3 is 14.4 Å². The van der Waals surface area contributed by atoms with Gasteiger partial charge in [-0.05, 0) is 90.2 Å². The molecule has 1 saturated carbocycles. The molecule has 0 N–H and O–H groups in total. The van der Waals surface area contributed by atoms with E-state index >= 15 is 0 Å². The van der Waals surface area contributed by atoms with Crippen molar-refractivity contribution < 1.29 is 19.1 Å². The van der Waals surface area contributed by atoms with Crippen LogP contribution in [0.25, 0.3) is 0 Å². The number of rotatable bonds is 5. The molecule has 0 aromatic heterocycles. The topological polar surface area (TPSA) is 55.8 Å². The molecule has 1 aromatic carbocycles. The highest BCUT2D eigenvalue weighted by Crippen LogP contribution is 2.37. The Morgan fingerprint density at radius 2 is 1.71 bits per heavy atom. The minimum Gasteiger partial charge on any atom is -0.460 e. The van der Waals surface area contributed by atoms with Gasteiger partial charge in [-0.1, -0.05) is 30.7 Å². The summed E-state index contributed by atoms with van der Waals surface area (Å²) in [4.78, 5) is 27.5. The normalized spacial score (nSPS) is 20.8. The van der Waals surface area contributed by atoms with Gasteiger partial charge in [-0.3, -0.25) is 4.79 Å². The van der Waals surface area contributed by atoms with Crippen LogP contribution >= 0.6 is 0 Å². The van der Waals surface area contributed by atoms with Crippen LogP contribution in [0.15, 0.2) is 24.3 Å². The van der Waals surface area contributed by atoms with Crippen LogP contribution in [0, 0.1) is 11.8 Å². The molecule has 172 valence electrons. The van der Waals surface area contributed by atoms with Gasteiger partial charge in [0.05, 0.1) is 5.92 Å². The molecule has 0 radical (unpaired) electrons. The molecule has 3 rings (SSSR count). The Balaban J connectivity index is 1.74. The molecular weight excluding hydrogens is 390 g/mol. The van der Waals surface area contributed by atoms with E-state index in [9.17, 15) is 9.59 Å². The Kier molecular flexibility index (Phi) is 7.02. The molecule has 0 unspecified atom stereocenters. The second-order valence-corrected chi connectivity index (χ2v) is 11.2. The number of amides is 1. The van der Waals surface area contributed by atoms with E-state index in [1.807, 2.05) is 41.5 Å². The zero-order chi connectivity index (χ0) is 22.8. The van der Waals surface area contributed by atoms with Crippen molar-refractivity contribution >= 4 is 12.1 Å². The van der Waals surface area contributed by atoms with Gasteiger partial charge in [0.2, 0.25) is 0 Å². The lowest BCUT2D eigenvalue weighted by Gasteiger charge is -2.29. The molecule has 1 aromatic rings. The minimum absolute atomic E-state index is 0.0646. The molecule has 2 aliphatic rings. The highest BCUT2D eigenvalue weighted by atomic mass is 16.6. The molecule has 1 aliphatic carbocycles. The summed E-state index contributed by atoms with van der Waals surface area (Å²) >= 11 is 0. The van der Waals surface area contributed by atoms with E-state index in [0.29, 0.717) is 25.4 Å². The Morgan fingerprint density at radius 3 is 2.29 bits per heavy atom. The highest BCUT2D eigenvalue weighted by molar-refractivity contribution is 5.74. The third-order valence-corrected chi connectivity index (χ3v) is 6.14. The highest BCUT2D eigenvalue weighted by Gasteiger charge is 2.39. The molecule has 31 heavy (non-hydrogen) atoms. The van der Waals surface area contributed by atoms with Gasteiger partial charge in [-0.2, -0.15) is 0 Å². The Labute approximate surface area is 187 Å². The first kappa shape index (κ1) is 23.6. The lowest BCUT2D eigenvalue weighted by atomic mass is 9.78. The summed E-state index contributed by atoms with van der Waals surface area (Å²) in [5.41, 5.74) is 1.50. The molecule has 2 fully saturated rings. The predicted octanol–water partition coefficient (Wildman–Crippen LogP) is 5.71. The van der Waals surface area contributed by atoms with Crippen molar-refractivity contribution in [3.8, 4) is 0 Å². The summed E-state index contributed by atoms with van der Waals surface area (Å²) in [6.07, 6.45) is 4.94. The third-order valence-electron chi connectivity index (χ3n) is 6.14. The molecule has 1 saturated heterocycles. The van der Waals surface area contributed by atoms with Crippen molar-refractivity contribution in [3.05, 3.63) is 35.4 Å². The van der Waals surface area contributed by atoms with Crippen molar-refractivity contribution in [1.82, 2.24) is 4.90 Å². The van der Waals surface area contributed by atoms with Gasteiger partial charge in [0.1, 0.15) is 11.2 Å². The van der Waals surface area contributed by atoms with Crippen LogP contribution in [0.1, 0.15) is 84.3 Å². The molecule has 1 heterocycles. The van der Waals surface area contributed by atoms with E-state index < -0.39 is 11.2 Å². The van der Waals surface area contributed by atoms with Crippen LogP contribution in [0.3, 0.4) is 0 Å². The molecule has 1 amide bonds. The molecular formula is C26H39NO4. The van der Waals surface area contributed by atoms with Gasteiger partial charge in [0.25, 0.3) is 0 Å². The standard InChI is InChI=1S/C26H39NO4/c1-25(2,3)30-23(28)22(16-18-9-7-12-20(15-18)19-10-8-11-19)21-13-14-27(17-21)24(29)31-26(4,5)6/h7,9,12,15,19,21-22H,8,10-11,13-14,16-17H2,1-6H3/t21-,22-/m0/s1. The number of carbonyl (C=O) groups excluding carboxylic acids is 2. The van der Waals surface area contributed by atoms with Crippen LogP contribution in [-0.4, -0.2) is 41.3 Å². The van der Waals surface area contributed by atoms with Crippen LogP contribution in [0.2, 0.25) is 0 Å². The number of hydrogen-bond acceptors (Lipinski definition) is 4. The molecule has 0 spiro atoms. The van der Waals surface area contributed by atoms with E-state index in [-0.39, 0.29) is 23.9 Å². The SMILES string of the molecule is CC(C)(C)OC(=O)[C@@H](Cc1cccc(C2CCC2)c1)[C@H]1CCN(C(=O)OC(C)(C)C)C1. The average molecular weight is 430 g/mol. The summed E-state index contributed by atoms with van der Waals surface area (Å²) in [6, 6.07) is 8.69. The van der Waals surface area contributed by atoms with Crippen molar-refractivity contribution in [2.75, 3.05) is 13.1 Å².